The minimum absolute atomic E-state index is 0.170. The normalized spacial score (nSPS) is 16.4. The summed E-state index contributed by atoms with van der Waals surface area (Å²) in [5.74, 6) is 1.36. The second kappa shape index (κ2) is 9.60. The molecular formula is C22H26N4O4. The van der Waals surface area contributed by atoms with Gasteiger partial charge in [0.25, 0.3) is 5.91 Å². The summed E-state index contributed by atoms with van der Waals surface area (Å²) < 4.78 is 16.1. The van der Waals surface area contributed by atoms with Crippen LogP contribution in [0.15, 0.2) is 47.5 Å². The minimum Gasteiger partial charge on any atom is -0.454 e. The van der Waals surface area contributed by atoms with Crippen molar-refractivity contribution < 1.29 is 19.0 Å². The van der Waals surface area contributed by atoms with Crippen LogP contribution in [-0.4, -0.2) is 63.0 Å². The molecule has 1 saturated heterocycles. The van der Waals surface area contributed by atoms with Crippen LogP contribution < -0.4 is 20.1 Å². The Labute approximate surface area is 175 Å². The van der Waals surface area contributed by atoms with Crippen molar-refractivity contribution in [2.24, 2.45) is 4.99 Å². The van der Waals surface area contributed by atoms with Crippen LogP contribution in [0.5, 0.6) is 11.5 Å². The molecule has 0 aliphatic carbocycles. The Morgan fingerprint density at radius 1 is 1.10 bits per heavy atom. The number of para-hydroxylation sites is 1. The lowest BCUT2D eigenvalue weighted by molar-refractivity contribution is 0.0394. The maximum Gasteiger partial charge on any atom is 0.258 e. The summed E-state index contributed by atoms with van der Waals surface area (Å²) in [5.41, 5.74) is 2.44. The Morgan fingerprint density at radius 3 is 2.73 bits per heavy atom. The third-order valence-corrected chi connectivity index (χ3v) is 5.05. The highest BCUT2D eigenvalue weighted by atomic mass is 16.7. The molecule has 0 saturated carbocycles. The van der Waals surface area contributed by atoms with Crippen molar-refractivity contribution in [1.29, 1.82) is 0 Å². The number of aryl methyl sites for hydroxylation is 1. The second-order valence-electron chi connectivity index (χ2n) is 7.15. The number of carbonyl (C=O) groups excluding carboxylic acids is 1. The summed E-state index contributed by atoms with van der Waals surface area (Å²) >= 11 is 0. The molecule has 158 valence electrons. The van der Waals surface area contributed by atoms with E-state index in [1.165, 1.54) is 0 Å². The van der Waals surface area contributed by atoms with Gasteiger partial charge in [-0.25, -0.2) is 0 Å². The first-order valence-electron chi connectivity index (χ1n) is 10.1. The zero-order chi connectivity index (χ0) is 20.8. The van der Waals surface area contributed by atoms with Gasteiger partial charge in [-0.1, -0.05) is 18.2 Å². The van der Waals surface area contributed by atoms with Crippen molar-refractivity contribution in [3.05, 3.63) is 53.6 Å². The standard InChI is InChI=1S/C22H26N4O4/c1-16-4-2-3-5-18(16)24-22(23-8-9-26-10-12-28-13-11-26)25-21(27)17-6-7-19-20(14-17)30-15-29-19/h2-7,14H,8-13,15H2,1H3,(H2,23,24,25,27). The number of anilines is 1. The predicted octanol–water partition coefficient (Wildman–Crippen LogP) is 2.25. The van der Waals surface area contributed by atoms with Gasteiger partial charge in [0.2, 0.25) is 12.8 Å². The van der Waals surface area contributed by atoms with E-state index in [-0.39, 0.29) is 12.7 Å². The van der Waals surface area contributed by atoms with Gasteiger partial charge >= 0.3 is 0 Å². The number of nitrogens with one attached hydrogen (secondary N) is 2. The van der Waals surface area contributed by atoms with Crippen LogP contribution in [0, 0.1) is 6.92 Å². The molecule has 2 heterocycles. The molecule has 0 radical (unpaired) electrons. The fraction of sp³-hybridized carbons (Fsp3) is 0.364. The Bertz CT molecular complexity index is 925. The van der Waals surface area contributed by atoms with Crippen LogP contribution >= 0.6 is 0 Å². The fourth-order valence-corrected chi connectivity index (χ4v) is 3.30. The first-order chi connectivity index (χ1) is 14.7. The largest absolute Gasteiger partial charge is 0.454 e. The van der Waals surface area contributed by atoms with Crippen molar-refractivity contribution in [1.82, 2.24) is 10.2 Å². The number of rotatable bonds is 5. The molecule has 8 heteroatoms. The van der Waals surface area contributed by atoms with Gasteiger partial charge in [0.1, 0.15) is 0 Å². The number of amides is 1. The lowest BCUT2D eigenvalue weighted by Gasteiger charge is -2.25. The van der Waals surface area contributed by atoms with Crippen molar-refractivity contribution in [3.8, 4) is 11.5 Å². The molecule has 8 nitrogen and oxygen atoms in total. The number of fused-ring (bicyclic) bond motifs is 1. The maximum atomic E-state index is 12.8. The third-order valence-electron chi connectivity index (χ3n) is 5.05. The van der Waals surface area contributed by atoms with Crippen LogP contribution in [0.1, 0.15) is 15.9 Å². The van der Waals surface area contributed by atoms with Crippen LogP contribution in [0.2, 0.25) is 0 Å². The number of benzene rings is 2. The molecule has 0 unspecified atom stereocenters. The first kappa shape index (κ1) is 20.2. The van der Waals surface area contributed by atoms with E-state index in [4.69, 9.17) is 14.2 Å². The zero-order valence-electron chi connectivity index (χ0n) is 17.0. The molecule has 1 amide bonds. The first-order valence-corrected chi connectivity index (χ1v) is 10.1. The lowest BCUT2D eigenvalue weighted by Crippen LogP contribution is -2.39. The van der Waals surface area contributed by atoms with Gasteiger partial charge in [0.15, 0.2) is 11.5 Å². The number of guanidine groups is 1. The zero-order valence-corrected chi connectivity index (χ0v) is 17.0. The molecular weight excluding hydrogens is 384 g/mol. The van der Waals surface area contributed by atoms with Gasteiger partial charge in [0, 0.05) is 30.9 Å². The molecule has 30 heavy (non-hydrogen) atoms. The van der Waals surface area contributed by atoms with Gasteiger partial charge in [0.05, 0.1) is 19.8 Å². The Balaban J connectivity index is 1.46. The number of hydrogen-bond acceptors (Lipinski definition) is 6. The van der Waals surface area contributed by atoms with E-state index in [9.17, 15) is 4.79 Å². The summed E-state index contributed by atoms with van der Waals surface area (Å²) in [5, 5.41) is 6.16. The number of ether oxygens (including phenoxy) is 3. The topological polar surface area (TPSA) is 84.4 Å². The van der Waals surface area contributed by atoms with E-state index < -0.39 is 0 Å². The number of hydrogen-bond donors (Lipinski definition) is 2. The van der Waals surface area contributed by atoms with Crippen molar-refractivity contribution in [3.63, 3.8) is 0 Å². The molecule has 0 bridgehead atoms. The van der Waals surface area contributed by atoms with E-state index in [1.807, 2.05) is 31.2 Å². The molecule has 2 aliphatic rings. The van der Waals surface area contributed by atoms with Crippen LogP contribution in [0.3, 0.4) is 0 Å². The van der Waals surface area contributed by atoms with Crippen molar-refractivity contribution in [2.75, 3.05) is 51.5 Å². The number of aliphatic imine (C=N–C) groups is 1. The summed E-state index contributed by atoms with van der Waals surface area (Å²) in [7, 11) is 0. The molecule has 2 aromatic rings. The van der Waals surface area contributed by atoms with Gasteiger partial charge in [-0.2, -0.15) is 0 Å². The fourth-order valence-electron chi connectivity index (χ4n) is 3.30. The molecule has 2 N–H and O–H groups in total. The molecule has 2 aromatic carbocycles. The Kier molecular flexibility index (Phi) is 6.46. The highest BCUT2D eigenvalue weighted by Crippen LogP contribution is 2.32. The monoisotopic (exact) mass is 410 g/mol. The highest BCUT2D eigenvalue weighted by Gasteiger charge is 2.17. The summed E-state index contributed by atoms with van der Waals surface area (Å²) in [6.45, 7) is 6.85. The van der Waals surface area contributed by atoms with Gasteiger partial charge in [-0.05, 0) is 36.8 Å². The smallest absolute Gasteiger partial charge is 0.258 e. The summed E-state index contributed by atoms with van der Waals surface area (Å²) in [6, 6.07) is 13.0. The molecule has 0 atom stereocenters. The van der Waals surface area contributed by atoms with Crippen molar-refractivity contribution in [2.45, 2.75) is 6.92 Å². The average Bonchev–Trinajstić information content (AvgIpc) is 3.24. The molecule has 0 aromatic heterocycles. The van der Waals surface area contributed by atoms with E-state index >= 15 is 0 Å². The van der Waals surface area contributed by atoms with Crippen molar-refractivity contribution >= 4 is 17.6 Å². The maximum absolute atomic E-state index is 12.8. The Hall–Kier alpha value is -3.10. The molecule has 0 spiro atoms. The number of morpholine rings is 1. The average molecular weight is 410 g/mol. The SMILES string of the molecule is Cc1ccccc1NC(=NCCN1CCOCC1)NC(=O)c1ccc2c(c1)OCO2. The van der Waals surface area contributed by atoms with E-state index in [1.54, 1.807) is 18.2 Å². The van der Waals surface area contributed by atoms with Gasteiger partial charge in [-0.3, -0.25) is 20.0 Å². The summed E-state index contributed by atoms with van der Waals surface area (Å²) in [4.78, 5) is 19.8. The molecule has 2 aliphatic heterocycles. The van der Waals surface area contributed by atoms with E-state index in [0.717, 1.165) is 44.1 Å². The van der Waals surface area contributed by atoms with Crippen LogP contribution in [-0.2, 0) is 4.74 Å². The van der Waals surface area contributed by atoms with Gasteiger partial charge < -0.3 is 19.5 Å². The quantitative estimate of drug-likeness (QED) is 0.581. The second-order valence-corrected chi connectivity index (χ2v) is 7.15. The number of carbonyl (C=O) groups is 1. The van der Waals surface area contributed by atoms with Crippen LogP contribution in [0.4, 0.5) is 5.69 Å². The summed E-state index contributed by atoms with van der Waals surface area (Å²) in [6.07, 6.45) is 0. The van der Waals surface area contributed by atoms with Crippen LogP contribution in [0.25, 0.3) is 0 Å². The minimum atomic E-state index is -0.264. The molecule has 4 rings (SSSR count). The van der Waals surface area contributed by atoms with E-state index in [2.05, 4.69) is 20.5 Å². The van der Waals surface area contributed by atoms with E-state index in [0.29, 0.717) is 29.6 Å². The lowest BCUT2D eigenvalue weighted by atomic mass is 10.2. The predicted molar refractivity (Wildman–Crippen MR) is 114 cm³/mol. The van der Waals surface area contributed by atoms with Gasteiger partial charge in [-0.15, -0.1) is 0 Å². The number of nitrogens with zero attached hydrogens (tertiary/aromatic N) is 2. The highest BCUT2D eigenvalue weighted by molar-refractivity contribution is 6.10. The molecule has 1 fully saturated rings. The third kappa shape index (κ3) is 5.08. The Morgan fingerprint density at radius 2 is 1.90 bits per heavy atom.